The van der Waals surface area contributed by atoms with Crippen LogP contribution in [0.4, 0.5) is 5.82 Å². The van der Waals surface area contributed by atoms with E-state index in [9.17, 15) is 9.90 Å². The number of carbonyl (C=O) groups excluding carboxylic acids is 1. The molecule has 1 unspecified atom stereocenters. The van der Waals surface area contributed by atoms with Gasteiger partial charge in [0.1, 0.15) is 5.82 Å². The van der Waals surface area contributed by atoms with Gasteiger partial charge >= 0.3 is 0 Å². The van der Waals surface area contributed by atoms with Crippen molar-refractivity contribution in [3.8, 4) is 0 Å². The summed E-state index contributed by atoms with van der Waals surface area (Å²) in [5, 5.41) is 16.8. The zero-order chi connectivity index (χ0) is 21.6. The van der Waals surface area contributed by atoms with Crippen molar-refractivity contribution in [3.05, 3.63) is 59.3 Å². The van der Waals surface area contributed by atoms with Crippen molar-refractivity contribution in [1.82, 2.24) is 20.1 Å². The number of amides is 1. The third-order valence-electron chi connectivity index (χ3n) is 6.27. The van der Waals surface area contributed by atoms with Crippen LogP contribution in [0.2, 0.25) is 0 Å². The summed E-state index contributed by atoms with van der Waals surface area (Å²) >= 11 is 0. The SMILES string of the molecule is CN1CCC(Nc2cc(C(=O)NCC(O)CN3CCc4ccccc4C3)ccn2)CC1. The van der Waals surface area contributed by atoms with Crippen LogP contribution in [-0.4, -0.2) is 77.7 Å². The van der Waals surface area contributed by atoms with Crippen molar-refractivity contribution in [2.24, 2.45) is 0 Å². The molecule has 0 spiro atoms. The predicted octanol–water partition coefficient (Wildman–Crippen LogP) is 1.74. The summed E-state index contributed by atoms with van der Waals surface area (Å²) in [5.74, 6) is 0.548. The van der Waals surface area contributed by atoms with E-state index in [0.717, 1.165) is 51.3 Å². The van der Waals surface area contributed by atoms with E-state index in [1.165, 1.54) is 11.1 Å². The average molecular weight is 424 g/mol. The monoisotopic (exact) mass is 423 g/mol. The van der Waals surface area contributed by atoms with Gasteiger partial charge in [0, 0.05) is 44.0 Å². The van der Waals surface area contributed by atoms with Crippen LogP contribution < -0.4 is 10.6 Å². The van der Waals surface area contributed by atoms with Crippen LogP contribution in [0.5, 0.6) is 0 Å². The average Bonchev–Trinajstić information content (AvgIpc) is 2.79. The number of piperidine rings is 1. The number of aliphatic hydroxyl groups excluding tert-OH is 1. The fourth-order valence-corrected chi connectivity index (χ4v) is 4.40. The lowest BCUT2D eigenvalue weighted by Crippen LogP contribution is -2.42. The molecule has 3 heterocycles. The van der Waals surface area contributed by atoms with Crippen LogP contribution in [0.25, 0.3) is 0 Å². The smallest absolute Gasteiger partial charge is 0.251 e. The Bertz CT molecular complexity index is 882. The molecule has 2 aliphatic rings. The summed E-state index contributed by atoms with van der Waals surface area (Å²) in [6, 6.07) is 12.4. The molecule has 4 rings (SSSR count). The topological polar surface area (TPSA) is 80.7 Å². The van der Waals surface area contributed by atoms with E-state index in [0.29, 0.717) is 18.2 Å². The van der Waals surface area contributed by atoms with Crippen LogP contribution in [0, 0.1) is 0 Å². The highest BCUT2D eigenvalue weighted by Crippen LogP contribution is 2.18. The number of β-amino-alcohol motifs (C(OH)–C–C–N with tert-alkyl or cyclic N) is 1. The minimum Gasteiger partial charge on any atom is -0.390 e. The second kappa shape index (κ2) is 10.2. The molecule has 1 amide bonds. The van der Waals surface area contributed by atoms with Crippen LogP contribution in [0.1, 0.15) is 34.3 Å². The molecular formula is C24H33N5O2. The third kappa shape index (κ3) is 6.03. The van der Waals surface area contributed by atoms with Gasteiger partial charge in [-0.15, -0.1) is 0 Å². The zero-order valence-electron chi connectivity index (χ0n) is 18.3. The maximum atomic E-state index is 12.6. The second-order valence-corrected chi connectivity index (χ2v) is 8.77. The molecule has 31 heavy (non-hydrogen) atoms. The lowest BCUT2D eigenvalue weighted by molar-refractivity contribution is 0.0842. The molecule has 1 aromatic carbocycles. The van der Waals surface area contributed by atoms with E-state index in [2.05, 4.69) is 56.7 Å². The van der Waals surface area contributed by atoms with Crippen LogP contribution >= 0.6 is 0 Å². The van der Waals surface area contributed by atoms with Gasteiger partial charge in [0.25, 0.3) is 5.91 Å². The summed E-state index contributed by atoms with van der Waals surface area (Å²) in [4.78, 5) is 21.5. The Kier molecular flexibility index (Phi) is 7.17. The van der Waals surface area contributed by atoms with Gasteiger partial charge in [0.15, 0.2) is 0 Å². The van der Waals surface area contributed by atoms with Gasteiger partial charge in [-0.1, -0.05) is 24.3 Å². The summed E-state index contributed by atoms with van der Waals surface area (Å²) < 4.78 is 0. The highest BCUT2D eigenvalue weighted by atomic mass is 16.3. The van der Waals surface area contributed by atoms with Crippen LogP contribution in [-0.2, 0) is 13.0 Å². The number of carbonyl (C=O) groups is 1. The number of hydrogen-bond donors (Lipinski definition) is 3. The summed E-state index contributed by atoms with van der Waals surface area (Å²) in [7, 11) is 2.14. The van der Waals surface area contributed by atoms with Crippen molar-refractivity contribution < 1.29 is 9.90 Å². The number of hydrogen-bond acceptors (Lipinski definition) is 6. The number of anilines is 1. The predicted molar refractivity (Wildman–Crippen MR) is 122 cm³/mol. The standard InChI is InChI=1S/C24H33N5O2/c1-28-11-8-21(9-12-28)27-23-14-19(6-10-25-23)24(31)26-15-22(30)17-29-13-7-18-4-2-3-5-20(18)16-29/h2-6,10,14,21-22,30H,7-9,11-13,15-17H2,1H3,(H,25,27)(H,26,31). The number of likely N-dealkylation sites (tertiary alicyclic amines) is 1. The normalized spacial score (nSPS) is 18.9. The van der Waals surface area contributed by atoms with Gasteiger partial charge in [-0.3, -0.25) is 9.69 Å². The summed E-state index contributed by atoms with van der Waals surface area (Å²) in [5.41, 5.74) is 3.28. The molecule has 7 heteroatoms. The second-order valence-electron chi connectivity index (χ2n) is 8.77. The number of aliphatic hydroxyl groups is 1. The Hall–Kier alpha value is -2.48. The first-order valence-electron chi connectivity index (χ1n) is 11.2. The number of rotatable bonds is 7. The molecule has 0 radical (unpaired) electrons. The number of nitrogens with zero attached hydrogens (tertiary/aromatic N) is 3. The van der Waals surface area contributed by atoms with Gasteiger partial charge in [0.05, 0.1) is 6.10 Å². The molecule has 0 bridgehead atoms. The lowest BCUT2D eigenvalue weighted by atomic mass is 10.00. The van der Waals surface area contributed by atoms with Gasteiger partial charge in [-0.25, -0.2) is 4.98 Å². The lowest BCUT2D eigenvalue weighted by Gasteiger charge is -2.30. The molecule has 2 aliphatic heterocycles. The first kappa shape index (κ1) is 21.7. The van der Waals surface area contributed by atoms with Crippen molar-refractivity contribution in [3.63, 3.8) is 0 Å². The third-order valence-corrected chi connectivity index (χ3v) is 6.27. The first-order valence-corrected chi connectivity index (χ1v) is 11.2. The fraction of sp³-hybridized carbons (Fsp3) is 0.500. The summed E-state index contributed by atoms with van der Waals surface area (Å²) in [6.45, 7) is 4.69. The maximum Gasteiger partial charge on any atom is 0.251 e. The minimum atomic E-state index is -0.604. The van der Waals surface area contributed by atoms with Crippen LogP contribution in [0.15, 0.2) is 42.6 Å². The number of nitrogens with one attached hydrogen (secondary N) is 2. The van der Waals surface area contributed by atoms with Crippen molar-refractivity contribution in [2.75, 3.05) is 45.1 Å². The van der Waals surface area contributed by atoms with Gasteiger partial charge in [-0.2, -0.15) is 0 Å². The van der Waals surface area contributed by atoms with Crippen molar-refractivity contribution in [1.29, 1.82) is 0 Å². The van der Waals surface area contributed by atoms with E-state index in [4.69, 9.17) is 0 Å². The Morgan fingerprint density at radius 1 is 1.19 bits per heavy atom. The Morgan fingerprint density at radius 3 is 2.77 bits per heavy atom. The number of aromatic nitrogens is 1. The highest BCUT2D eigenvalue weighted by Gasteiger charge is 2.20. The van der Waals surface area contributed by atoms with E-state index in [-0.39, 0.29) is 12.5 Å². The molecule has 2 aromatic rings. The molecule has 1 aromatic heterocycles. The molecule has 0 aliphatic carbocycles. The van der Waals surface area contributed by atoms with Crippen molar-refractivity contribution in [2.45, 2.75) is 38.0 Å². The molecule has 3 N–H and O–H groups in total. The van der Waals surface area contributed by atoms with Gasteiger partial charge in [-0.05, 0) is 62.7 Å². The van der Waals surface area contributed by atoms with Crippen molar-refractivity contribution >= 4 is 11.7 Å². The molecular weight excluding hydrogens is 390 g/mol. The largest absolute Gasteiger partial charge is 0.390 e. The molecule has 1 saturated heterocycles. The number of benzene rings is 1. The van der Waals surface area contributed by atoms with Gasteiger partial charge < -0.3 is 20.6 Å². The number of pyridine rings is 1. The quantitative estimate of drug-likeness (QED) is 0.630. The van der Waals surface area contributed by atoms with E-state index >= 15 is 0 Å². The fourth-order valence-electron chi connectivity index (χ4n) is 4.40. The Balaban J connectivity index is 1.24. The molecule has 7 nitrogen and oxygen atoms in total. The van der Waals surface area contributed by atoms with E-state index in [1.807, 2.05) is 0 Å². The minimum absolute atomic E-state index is 0.183. The highest BCUT2D eigenvalue weighted by molar-refractivity contribution is 5.94. The van der Waals surface area contributed by atoms with Gasteiger partial charge in [0.2, 0.25) is 0 Å². The first-order chi connectivity index (χ1) is 15.1. The zero-order valence-corrected chi connectivity index (χ0v) is 18.3. The summed E-state index contributed by atoms with van der Waals surface area (Å²) in [6.07, 6.45) is 4.20. The molecule has 1 atom stereocenters. The number of fused-ring (bicyclic) bond motifs is 1. The van der Waals surface area contributed by atoms with Crippen LogP contribution in [0.3, 0.4) is 0 Å². The Morgan fingerprint density at radius 2 is 1.97 bits per heavy atom. The molecule has 0 saturated carbocycles. The Labute approximate surface area is 184 Å². The van der Waals surface area contributed by atoms with E-state index < -0.39 is 6.10 Å². The van der Waals surface area contributed by atoms with E-state index in [1.54, 1.807) is 18.3 Å². The maximum absolute atomic E-state index is 12.6. The molecule has 1 fully saturated rings. The molecule has 166 valence electrons.